The molecular formula is C29H35NO4. The van der Waals surface area contributed by atoms with E-state index in [1.165, 1.54) is 11.1 Å². The fourth-order valence-corrected chi connectivity index (χ4v) is 4.98. The van der Waals surface area contributed by atoms with Crippen LogP contribution < -0.4 is 14.2 Å². The van der Waals surface area contributed by atoms with Crippen molar-refractivity contribution in [1.82, 2.24) is 4.90 Å². The molecule has 0 aliphatic carbocycles. The molecule has 3 aromatic rings. The van der Waals surface area contributed by atoms with Crippen LogP contribution in [0.25, 0.3) is 0 Å². The van der Waals surface area contributed by atoms with E-state index in [2.05, 4.69) is 56.3 Å². The number of ether oxygens (including phenoxy) is 3. The van der Waals surface area contributed by atoms with Gasteiger partial charge in [-0.1, -0.05) is 48.5 Å². The number of fused-ring (bicyclic) bond motifs is 1. The molecule has 180 valence electrons. The molecule has 0 amide bonds. The van der Waals surface area contributed by atoms with Crippen molar-refractivity contribution in [1.29, 1.82) is 0 Å². The highest BCUT2D eigenvalue weighted by atomic mass is 16.5. The number of hydrogen-bond acceptors (Lipinski definition) is 5. The number of benzene rings is 3. The molecule has 0 aromatic heterocycles. The molecule has 1 aliphatic rings. The lowest BCUT2D eigenvalue weighted by Crippen LogP contribution is -2.43. The number of aliphatic hydroxyl groups excluding tert-OH is 1. The molecule has 5 heteroatoms. The Hall–Kier alpha value is -3.02. The van der Waals surface area contributed by atoms with Crippen molar-refractivity contribution in [2.75, 3.05) is 34.4 Å². The zero-order valence-electron chi connectivity index (χ0n) is 20.7. The number of nitrogens with zero attached hydrogens (tertiary/aromatic N) is 1. The average Bonchev–Trinajstić information content (AvgIpc) is 2.81. The first-order valence-corrected chi connectivity index (χ1v) is 11.8. The summed E-state index contributed by atoms with van der Waals surface area (Å²) in [6, 6.07) is 24.9. The molecule has 3 atom stereocenters. The van der Waals surface area contributed by atoms with Gasteiger partial charge in [0.15, 0.2) is 0 Å². The van der Waals surface area contributed by atoms with Crippen molar-refractivity contribution in [3.63, 3.8) is 0 Å². The molecule has 0 saturated heterocycles. The Morgan fingerprint density at radius 3 is 2.26 bits per heavy atom. The maximum absolute atomic E-state index is 10.1. The molecule has 0 radical (unpaired) electrons. The van der Waals surface area contributed by atoms with Gasteiger partial charge in [-0.3, -0.25) is 0 Å². The smallest absolute Gasteiger partial charge is 0.127 e. The van der Waals surface area contributed by atoms with Gasteiger partial charge < -0.3 is 24.2 Å². The van der Waals surface area contributed by atoms with Gasteiger partial charge >= 0.3 is 0 Å². The van der Waals surface area contributed by atoms with Crippen LogP contribution in [0.2, 0.25) is 0 Å². The second-order valence-corrected chi connectivity index (χ2v) is 9.77. The van der Waals surface area contributed by atoms with Gasteiger partial charge in [0.25, 0.3) is 0 Å². The monoisotopic (exact) mass is 461 g/mol. The molecule has 5 nitrogen and oxygen atoms in total. The summed E-state index contributed by atoms with van der Waals surface area (Å²) in [6.07, 6.45) is -0.532. The maximum Gasteiger partial charge on any atom is 0.127 e. The van der Waals surface area contributed by atoms with Crippen molar-refractivity contribution in [3.8, 4) is 17.2 Å². The fraction of sp³-hybridized carbons (Fsp3) is 0.379. The number of likely N-dealkylation sites (N-methyl/N-ethyl adjacent to an activating group) is 1. The maximum atomic E-state index is 10.1. The molecule has 3 aromatic carbocycles. The molecule has 4 rings (SSSR count). The van der Waals surface area contributed by atoms with E-state index < -0.39 is 11.7 Å². The highest BCUT2D eigenvalue weighted by molar-refractivity contribution is 5.52. The molecule has 0 saturated carbocycles. The van der Waals surface area contributed by atoms with Crippen LogP contribution in [-0.2, 0) is 0 Å². The van der Waals surface area contributed by atoms with Crippen molar-refractivity contribution in [2.24, 2.45) is 0 Å². The first kappa shape index (κ1) is 24.1. The van der Waals surface area contributed by atoms with E-state index in [4.69, 9.17) is 14.2 Å². The lowest BCUT2D eigenvalue weighted by atomic mass is 9.68. The van der Waals surface area contributed by atoms with E-state index in [-0.39, 0.29) is 18.4 Å². The summed E-state index contributed by atoms with van der Waals surface area (Å²) >= 11 is 0. The van der Waals surface area contributed by atoms with Crippen LogP contribution in [0.15, 0.2) is 72.8 Å². The second-order valence-electron chi connectivity index (χ2n) is 9.77. The lowest BCUT2D eigenvalue weighted by Gasteiger charge is -2.45. The second kappa shape index (κ2) is 10.1. The summed E-state index contributed by atoms with van der Waals surface area (Å²) in [5.74, 6) is 2.60. The molecule has 1 heterocycles. The van der Waals surface area contributed by atoms with Crippen LogP contribution in [-0.4, -0.2) is 56.1 Å². The third-order valence-electron chi connectivity index (χ3n) is 6.43. The third kappa shape index (κ3) is 5.21. The van der Waals surface area contributed by atoms with Crippen molar-refractivity contribution >= 4 is 0 Å². The Balaban J connectivity index is 1.69. The molecule has 1 N–H and O–H groups in total. The minimum absolute atomic E-state index is 0.0976. The van der Waals surface area contributed by atoms with E-state index in [1.807, 2.05) is 49.3 Å². The molecule has 1 unspecified atom stereocenters. The number of rotatable bonds is 8. The van der Waals surface area contributed by atoms with Gasteiger partial charge in [-0.05, 0) is 57.3 Å². The van der Waals surface area contributed by atoms with E-state index in [9.17, 15) is 5.11 Å². The summed E-state index contributed by atoms with van der Waals surface area (Å²) in [5, 5.41) is 10.1. The first-order chi connectivity index (χ1) is 16.3. The molecule has 0 spiro atoms. The van der Waals surface area contributed by atoms with E-state index >= 15 is 0 Å². The molecule has 0 bridgehead atoms. The standard InChI is InChI=1S/C29H35NO4/c1-29(2)28(21-9-7-6-8-10-21)27(25-16-15-24(32-5)17-26(25)34-29)20-11-13-23(14-12-20)33-19-22(31)18-30(3)4/h6-17,22,27-28,31H,18-19H2,1-5H3/t22?,27-,28+/m1/s1. The quantitative estimate of drug-likeness (QED) is 0.507. The van der Waals surface area contributed by atoms with Gasteiger partial charge in [-0.15, -0.1) is 0 Å². The Kier molecular flexibility index (Phi) is 7.15. The van der Waals surface area contributed by atoms with E-state index in [0.29, 0.717) is 6.54 Å². The highest BCUT2D eigenvalue weighted by Gasteiger charge is 2.45. The summed E-state index contributed by atoms with van der Waals surface area (Å²) in [6.45, 7) is 5.14. The predicted octanol–water partition coefficient (Wildman–Crippen LogP) is 5.08. The number of hydrogen-bond donors (Lipinski definition) is 1. The Labute approximate surface area is 202 Å². The topological polar surface area (TPSA) is 51.2 Å². The van der Waals surface area contributed by atoms with Crippen molar-refractivity contribution in [2.45, 2.75) is 37.4 Å². The number of methoxy groups -OCH3 is 1. The Bertz CT molecular complexity index is 1080. The fourth-order valence-electron chi connectivity index (χ4n) is 4.98. The zero-order valence-corrected chi connectivity index (χ0v) is 20.7. The van der Waals surface area contributed by atoms with Crippen LogP contribution in [0.3, 0.4) is 0 Å². The summed E-state index contributed by atoms with van der Waals surface area (Å²) in [4.78, 5) is 1.94. The van der Waals surface area contributed by atoms with Gasteiger partial charge in [0.2, 0.25) is 0 Å². The van der Waals surface area contributed by atoms with Crippen molar-refractivity contribution in [3.05, 3.63) is 89.5 Å². The van der Waals surface area contributed by atoms with Crippen LogP contribution in [0.5, 0.6) is 17.2 Å². The van der Waals surface area contributed by atoms with Gasteiger partial charge in [0.1, 0.15) is 35.6 Å². The first-order valence-electron chi connectivity index (χ1n) is 11.8. The van der Waals surface area contributed by atoms with Gasteiger partial charge in [0, 0.05) is 30.0 Å². The molecule has 34 heavy (non-hydrogen) atoms. The minimum Gasteiger partial charge on any atom is -0.497 e. The van der Waals surface area contributed by atoms with Gasteiger partial charge in [0.05, 0.1) is 7.11 Å². The van der Waals surface area contributed by atoms with E-state index in [0.717, 1.165) is 22.8 Å². The SMILES string of the molecule is COc1ccc2c(c1)OC(C)(C)[C@@H](c1ccccc1)[C@@H]2c1ccc(OCC(O)CN(C)C)cc1. The van der Waals surface area contributed by atoms with Crippen LogP contribution in [0, 0.1) is 0 Å². The Morgan fingerprint density at radius 1 is 0.941 bits per heavy atom. The molecular weight excluding hydrogens is 426 g/mol. The van der Waals surface area contributed by atoms with Gasteiger partial charge in [-0.25, -0.2) is 0 Å². The molecule has 1 aliphatic heterocycles. The van der Waals surface area contributed by atoms with Crippen LogP contribution >= 0.6 is 0 Å². The minimum atomic E-state index is -0.532. The normalized spacial score (nSPS) is 19.7. The molecule has 0 fully saturated rings. The lowest BCUT2D eigenvalue weighted by molar-refractivity contribution is 0.0528. The van der Waals surface area contributed by atoms with Crippen LogP contribution in [0.4, 0.5) is 0 Å². The largest absolute Gasteiger partial charge is 0.497 e. The Morgan fingerprint density at radius 2 is 1.62 bits per heavy atom. The average molecular weight is 462 g/mol. The summed E-state index contributed by atoms with van der Waals surface area (Å²) < 4.78 is 17.9. The van der Waals surface area contributed by atoms with Crippen molar-refractivity contribution < 1.29 is 19.3 Å². The van der Waals surface area contributed by atoms with Crippen LogP contribution in [0.1, 0.15) is 42.4 Å². The van der Waals surface area contributed by atoms with Gasteiger partial charge in [-0.2, -0.15) is 0 Å². The predicted molar refractivity (Wildman–Crippen MR) is 135 cm³/mol. The number of aliphatic hydroxyl groups is 1. The van der Waals surface area contributed by atoms with E-state index in [1.54, 1.807) is 7.11 Å². The summed E-state index contributed by atoms with van der Waals surface area (Å²) in [7, 11) is 5.54. The summed E-state index contributed by atoms with van der Waals surface area (Å²) in [5.41, 5.74) is 3.14. The zero-order chi connectivity index (χ0) is 24.3. The third-order valence-corrected chi connectivity index (χ3v) is 6.43. The highest BCUT2D eigenvalue weighted by Crippen LogP contribution is 2.53.